The van der Waals surface area contributed by atoms with Crippen LogP contribution in [0.5, 0.6) is 0 Å². The van der Waals surface area contributed by atoms with Gasteiger partial charge in [0.15, 0.2) is 0 Å². The number of nitrogens with zero attached hydrogens (tertiary/aromatic N) is 1. The Hall–Kier alpha value is -0.930. The van der Waals surface area contributed by atoms with E-state index in [0.29, 0.717) is 13.0 Å². The highest BCUT2D eigenvalue weighted by Gasteiger charge is 2.14. The van der Waals surface area contributed by atoms with E-state index in [1.54, 1.807) is 13.3 Å². The van der Waals surface area contributed by atoms with Gasteiger partial charge >= 0.3 is 0 Å². The van der Waals surface area contributed by atoms with Crippen LogP contribution < -0.4 is 0 Å². The highest BCUT2D eigenvalue weighted by Crippen LogP contribution is 2.12. The van der Waals surface area contributed by atoms with E-state index in [4.69, 9.17) is 4.74 Å². The van der Waals surface area contributed by atoms with Gasteiger partial charge in [-0.25, -0.2) is 0 Å². The number of aliphatic hydroxyl groups excluding tert-OH is 1. The minimum absolute atomic E-state index is 0.243. The van der Waals surface area contributed by atoms with Crippen LogP contribution in [0.2, 0.25) is 0 Å². The molecule has 1 rings (SSSR count). The Morgan fingerprint density at radius 1 is 1.47 bits per heavy atom. The first kappa shape index (κ1) is 12.1. The smallest absolute Gasteiger partial charge is 0.0622 e. The number of hydrogen-bond acceptors (Lipinski definition) is 3. The van der Waals surface area contributed by atoms with E-state index in [0.717, 1.165) is 12.1 Å². The van der Waals surface area contributed by atoms with Crippen molar-refractivity contribution in [3.05, 3.63) is 30.1 Å². The Balaban J connectivity index is 2.38. The standard InChI is InChI=1S/C12H19NO2/c1-10(6-8-15-2)12(14)9-11-5-3-4-7-13-11/h3-5,7,10,12,14H,6,8-9H2,1-2H3. The Labute approximate surface area is 91.1 Å². The van der Waals surface area contributed by atoms with Gasteiger partial charge in [-0.15, -0.1) is 0 Å². The first-order chi connectivity index (χ1) is 7.24. The van der Waals surface area contributed by atoms with E-state index < -0.39 is 0 Å². The van der Waals surface area contributed by atoms with Crippen molar-refractivity contribution in [1.82, 2.24) is 4.98 Å². The molecule has 0 radical (unpaired) electrons. The van der Waals surface area contributed by atoms with Gasteiger partial charge in [0, 0.05) is 32.0 Å². The lowest BCUT2D eigenvalue weighted by Gasteiger charge is -2.17. The normalized spacial score (nSPS) is 14.9. The van der Waals surface area contributed by atoms with Crippen LogP contribution in [0.4, 0.5) is 0 Å². The molecule has 0 amide bonds. The molecule has 1 aromatic rings. The van der Waals surface area contributed by atoms with Gasteiger partial charge < -0.3 is 9.84 Å². The average Bonchev–Trinajstić information content (AvgIpc) is 2.27. The molecular formula is C12H19NO2. The summed E-state index contributed by atoms with van der Waals surface area (Å²) in [5, 5.41) is 9.90. The molecule has 3 nitrogen and oxygen atoms in total. The van der Waals surface area contributed by atoms with E-state index in [-0.39, 0.29) is 12.0 Å². The molecule has 0 fully saturated rings. The number of hydrogen-bond donors (Lipinski definition) is 1. The molecule has 3 heteroatoms. The Bertz CT molecular complexity index is 264. The number of pyridine rings is 1. The molecule has 1 aromatic heterocycles. The maximum atomic E-state index is 9.90. The Kier molecular flexibility index (Phi) is 5.29. The third-order valence-corrected chi connectivity index (χ3v) is 2.58. The first-order valence-electron chi connectivity index (χ1n) is 5.31. The minimum atomic E-state index is -0.338. The lowest BCUT2D eigenvalue weighted by Crippen LogP contribution is -2.22. The SMILES string of the molecule is COCCC(C)C(O)Cc1ccccn1. The molecule has 1 heterocycles. The molecule has 2 atom stereocenters. The molecule has 0 aliphatic rings. The van der Waals surface area contributed by atoms with Crippen molar-refractivity contribution in [2.75, 3.05) is 13.7 Å². The van der Waals surface area contributed by atoms with Crippen molar-refractivity contribution in [2.24, 2.45) is 5.92 Å². The van der Waals surface area contributed by atoms with Crippen LogP contribution in [0.25, 0.3) is 0 Å². The average molecular weight is 209 g/mol. The number of aromatic nitrogens is 1. The monoisotopic (exact) mass is 209 g/mol. The number of methoxy groups -OCH3 is 1. The fourth-order valence-electron chi connectivity index (χ4n) is 1.43. The van der Waals surface area contributed by atoms with E-state index in [1.165, 1.54) is 0 Å². The van der Waals surface area contributed by atoms with E-state index in [9.17, 15) is 5.11 Å². The lowest BCUT2D eigenvalue weighted by atomic mass is 9.97. The van der Waals surface area contributed by atoms with Gasteiger partial charge in [-0.2, -0.15) is 0 Å². The van der Waals surface area contributed by atoms with Crippen molar-refractivity contribution in [2.45, 2.75) is 25.9 Å². The van der Waals surface area contributed by atoms with Crippen LogP contribution >= 0.6 is 0 Å². The van der Waals surface area contributed by atoms with Gasteiger partial charge in [-0.1, -0.05) is 13.0 Å². The summed E-state index contributed by atoms with van der Waals surface area (Å²) in [5.74, 6) is 0.243. The van der Waals surface area contributed by atoms with Crippen molar-refractivity contribution in [1.29, 1.82) is 0 Å². The molecule has 0 aromatic carbocycles. The van der Waals surface area contributed by atoms with Gasteiger partial charge in [-0.3, -0.25) is 4.98 Å². The Morgan fingerprint density at radius 3 is 2.87 bits per heavy atom. The summed E-state index contributed by atoms with van der Waals surface area (Å²) in [7, 11) is 1.68. The second-order valence-electron chi connectivity index (χ2n) is 3.85. The van der Waals surface area contributed by atoms with Crippen LogP contribution in [0.1, 0.15) is 19.0 Å². The quantitative estimate of drug-likeness (QED) is 0.774. The maximum Gasteiger partial charge on any atom is 0.0622 e. The van der Waals surface area contributed by atoms with Crippen LogP contribution in [-0.4, -0.2) is 29.9 Å². The second-order valence-corrected chi connectivity index (χ2v) is 3.85. The predicted molar refractivity (Wildman–Crippen MR) is 59.6 cm³/mol. The molecule has 0 bridgehead atoms. The molecule has 84 valence electrons. The topological polar surface area (TPSA) is 42.4 Å². The van der Waals surface area contributed by atoms with Crippen molar-refractivity contribution >= 4 is 0 Å². The molecule has 0 saturated carbocycles. The third kappa shape index (κ3) is 4.40. The highest BCUT2D eigenvalue weighted by molar-refractivity contribution is 5.04. The third-order valence-electron chi connectivity index (χ3n) is 2.58. The Morgan fingerprint density at radius 2 is 2.27 bits per heavy atom. The first-order valence-corrected chi connectivity index (χ1v) is 5.31. The van der Waals surface area contributed by atoms with Gasteiger partial charge in [0.05, 0.1) is 6.10 Å². The van der Waals surface area contributed by atoms with Crippen molar-refractivity contribution in [3.63, 3.8) is 0 Å². The predicted octanol–water partition coefficient (Wildman–Crippen LogP) is 1.66. The molecule has 0 aliphatic carbocycles. The van der Waals surface area contributed by atoms with Crippen molar-refractivity contribution < 1.29 is 9.84 Å². The zero-order valence-corrected chi connectivity index (χ0v) is 9.39. The summed E-state index contributed by atoms with van der Waals surface area (Å²) in [6, 6.07) is 5.76. The lowest BCUT2D eigenvalue weighted by molar-refractivity contribution is 0.0880. The van der Waals surface area contributed by atoms with Gasteiger partial charge in [0.2, 0.25) is 0 Å². The number of ether oxygens (including phenoxy) is 1. The second kappa shape index (κ2) is 6.53. The summed E-state index contributed by atoms with van der Waals surface area (Å²) in [6.07, 6.45) is 2.91. The summed E-state index contributed by atoms with van der Waals surface area (Å²) >= 11 is 0. The van der Waals surface area contributed by atoms with Crippen LogP contribution in [0.15, 0.2) is 24.4 Å². The summed E-state index contributed by atoms with van der Waals surface area (Å²) in [6.45, 7) is 2.73. The maximum absolute atomic E-state index is 9.90. The molecule has 0 saturated heterocycles. The van der Waals surface area contributed by atoms with Crippen LogP contribution in [-0.2, 0) is 11.2 Å². The minimum Gasteiger partial charge on any atom is -0.392 e. The fourth-order valence-corrected chi connectivity index (χ4v) is 1.43. The summed E-state index contributed by atoms with van der Waals surface area (Å²) < 4.78 is 4.99. The van der Waals surface area contributed by atoms with Gasteiger partial charge in [-0.05, 0) is 24.5 Å². The summed E-state index contributed by atoms with van der Waals surface area (Å²) in [4.78, 5) is 4.19. The molecule has 2 unspecified atom stereocenters. The van der Waals surface area contributed by atoms with E-state index >= 15 is 0 Å². The molecule has 0 aliphatic heterocycles. The summed E-state index contributed by atoms with van der Waals surface area (Å²) in [5.41, 5.74) is 0.939. The molecule has 15 heavy (non-hydrogen) atoms. The molecular weight excluding hydrogens is 190 g/mol. The van der Waals surface area contributed by atoms with Crippen LogP contribution in [0, 0.1) is 5.92 Å². The number of aliphatic hydroxyl groups is 1. The van der Waals surface area contributed by atoms with Gasteiger partial charge in [0.1, 0.15) is 0 Å². The molecule has 0 spiro atoms. The van der Waals surface area contributed by atoms with Crippen molar-refractivity contribution in [3.8, 4) is 0 Å². The number of rotatable bonds is 6. The van der Waals surface area contributed by atoms with E-state index in [1.807, 2.05) is 25.1 Å². The van der Waals surface area contributed by atoms with Crippen LogP contribution in [0.3, 0.4) is 0 Å². The largest absolute Gasteiger partial charge is 0.392 e. The zero-order valence-electron chi connectivity index (χ0n) is 9.39. The van der Waals surface area contributed by atoms with E-state index in [2.05, 4.69) is 4.98 Å². The zero-order chi connectivity index (χ0) is 11.1. The highest BCUT2D eigenvalue weighted by atomic mass is 16.5. The fraction of sp³-hybridized carbons (Fsp3) is 0.583. The van der Waals surface area contributed by atoms with Gasteiger partial charge in [0.25, 0.3) is 0 Å². The molecule has 1 N–H and O–H groups in total.